The fourth-order valence-electron chi connectivity index (χ4n) is 2.59. The minimum Gasteiger partial charge on any atom is -0.477 e. The third kappa shape index (κ3) is 2.52. The van der Waals surface area contributed by atoms with Gasteiger partial charge >= 0.3 is 5.97 Å². The molecule has 0 saturated carbocycles. The number of benzene rings is 1. The van der Waals surface area contributed by atoms with Crippen LogP contribution in [0.5, 0.6) is 0 Å². The molecule has 22 heavy (non-hydrogen) atoms. The van der Waals surface area contributed by atoms with Gasteiger partial charge in [0.05, 0.1) is 0 Å². The van der Waals surface area contributed by atoms with Gasteiger partial charge in [-0.05, 0) is 42.7 Å². The normalized spacial score (nSPS) is 13.9. The van der Waals surface area contributed by atoms with Crippen molar-refractivity contribution in [1.82, 2.24) is 4.98 Å². The Balaban J connectivity index is 1.90. The number of anilines is 1. The van der Waals surface area contributed by atoms with Crippen molar-refractivity contribution in [3.63, 3.8) is 0 Å². The second-order valence-corrected chi connectivity index (χ2v) is 5.35. The smallest absolute Gasteiger partial charge is 0.354 e. The van der Waals surface area contributed by atoms with Gasteiger partial charge in [0.2, 0.25) is 0 Å². The van der Waals surface area contributed by atoms with E-state index in [2.05, 4.69) is 4.98 Å². The second-order valence-electron chi connectivity index (χ2n) is 5.35. The van der Waals surface area contributed by atoms with Gasteiger partial charge in [0, 0.05) is 30.5 Å². The summed E-state index contributed by atoms with van der Waals surface area (Å²) < 4.78 is 27.4. The number of fused-ring (bicyclic) bond motifs is 1. The molecule has 1 aromatic carbocycles. The highest BCUT2D eigenvalue weighted by Crippen LogP contribution is 2.27. The van der Waals surface area contributed by atoms with Gasteiger partial charge in [-0.25, -0.2) is 18.6 Å². The van der Waals surface area contributed by atoms with Crippen LogP contribution in [-0.4, -0.2) is 22.6 Å². The molecule has 0 saturated heterocycles. The van der Waals surface area contributed by atoms with Gasteiger partial charge < -0.3 is 10.0 Å². The maximum atomic E-state index is 13.7. The Morgan fingerprint density at radius 2 is 1.91 bits per heavy atom. The Labute approximate surface area is 126 Å². The van der Waals surface area contributed by atoms with E-state index in [4.69, 9.17) is 5.11 Å². The molecule has 0 fully saturated rings. The molecule has 1 aliphatic rings. The van der Waals surface area contributed by atoms with Gasteiger partial charge in [-0.1, -0.05) is 0 Å². The van der Waals surface area contributed by atoms with Crippen molar-refractivity contribution in [2.45, 2.75) is 19.9 Å². The summed E-state index contributed by atoms with van der Waals surface area (Å²) in [6, 6.07) is 4.20. The molecule has 114 valence electrons. The summed E-state index contributed by atoms with van der Waals surface area (Å²) in [6.45, 7) is 2.42. The molecule has 0 bridgehead atoms. The lowest BCUT2D eigenvalue weighted by molar-refractivity contribution is 0.0690. The molecule has 1 aliphatic heterocycles. The maximum Gasteiger partial charge on any atom is 0.354 e. The average Bonchev–Trinajstić information content (AvgIpc) is 2.51. The average molecular weight is 304 g/mol. The van der Waals surface area contributed by atoms with Crippen LogP contribution in [0.4, 0.5) is 14.5 Å². The summed E-state index contributed by atoms with van der Waals surface area (Å²) in [6.07, 6.45) is 2.13. The SMILES string of the molecule is Cc1c(F)cc(N2CCc3cc(C(=O)O)ncc3C2)cc1F. The Morgan fingerprint density at radius 1 is 1.23 bits per heavy atom. The minimum atomic E-state index is -1.06. The van der Waals surface area contributed by atoms with Crippen molar-refractivity contribution >= 4 is 11.7 Å². The predicted molar refractivity (Wildman–Crippen MR) is 77.0 cm³/mol. The monoisotopic (exact) mass is 304 g/mol. The molecular weight excluding hydrogens is 290 g/mol. The van der Waals surface area contributed by atoms with Crippen LogP contribution in [0.1, 0.15) is 27.2 Å². The molecular formula is C16H14F2N2O2. The number of nitrogens with zero attached hydrogens (tertiary/aromatic N) is 2. The highest BCUT2D eigenvalue weighted by molar-refractivity contribution is 5.85. The van der Waals surface area contributed by atoms with Crippen molar-refractivity contribution < 1.29 is 18.7 Å². The zero-order chi connectivity index (χ0) is 15.9. The highest BCUT2D eigenvalue weighted by Gasteiger charge is 2.20. The molecule has 2 aromatic rings. The Hall–Kier alpha value is -2.50. The number of aromatic carboxylic acids is 1. The Morgan fingerprint density at radius 3 is 2.55 bits per heavy atom. The van der Waals surface area contributed by atoms with E-state index < -0.39 is 17.6 Å². The molecule has 6 heteroatoms. The first kappa shape index (κ1) is 14.4. The largest absolute Gasteiger partial charge is 0.477 e. The van der Waals surface area contributed by atoms with Crippen LogP contribution in [0.2, 0.25) is 0 Å². The molecule has 1 aromatic heterocycles. The van der Waals surface area contributed by atoms with Crippen molar-refractivity contribution in [2.24, 2.45) is 0 Å². The first-order valence-corrected chi connectivity index (χ1v) is 6.87. The first-order chi connectivity index (χ1) is 10.5. The number of carboxylic acids is 1. The highest BCUT2D eigenvalue weighted by atomic mass is 19.1. The predicted octanol–water partition coefficient (Wildman–Crippen LogP) is 2.93. The van der Waals surface area contributed by atoms with E-state index in [0.29, 0.717) is 25.2 Å². The van der Waals surface area contributed by atoms with Crippen LogP contribution in [0.15, 0.2) is 24.4 Å². The van der Waals surface area contributed by atoms with Gasteiger partial charge in [-0.2, -0.15) is 0 Å². The van der Waals surface area contributed by atoms with Crippen LogP contribution in [0.3, 0.4) is 0 Å². The van der Waals surface area contributed by atoms with Crippen LogP contribution < -0.4 is 4.90 Å². The lowest BCUT2D eigenvalue weighted by Crippen LogP contribution is -2.31. The van der Waals surface area contributed by atoms with Gasteiger partial charge in [0.25, 0.3) is 0 Å². The lowest BCUT2D eigenvalue weighted by atomic mass is 10.00. The first-order valence-electron chi connectivity index (χ1n) is 6.87. The quantitative estimate of drug-likeness (QED) is 0.927. The van der Waals surface area contributed by atoms with E-state index in [1.807, 2.05) is 4.90 Å². The van der Waals surface area contributed by atoms with Crippen molar-refractivity contribution in [3.05, 3.63) is 58.4 Å². The number of pyridine rings is 1. The molecule has 4 nitrogen and oxygen atoms in total. The molecule has 2 heterocycles. The number of carbonyl (C=O) groups is 1. The molecule has 0 atom stereocenters. The topological polar surface area (TPSA) is 53.4 Å². The van der Waals surface area contributed by atoms with Gasteiger partial charge in [-0.3, -0.25) is 0 Å². The summed E-state index contributed by atoms with van der Waals surface area (Å²) in [7, 11) is 0. The van der Waals surface area contributed by atoms with Crippen LogP contribution in [0, 0.1) is 18.6 Å². The van der Waals surface area contributed by atoms with Crippen molar-refractivity contribution in [2.75, 3.05) is 11.4 Å². The zero-order valence-corrected chi connectivity index (χ0v) is 11.9. The molecule has 0 radical (unpaired) electrons. The molecule has 3 rings (SSSR count). The van der Waals surface area contributed by atoms with Gasteiger partial charge in [-0.15, -0.1) is 0 Å². The summed E-state index contributed by atoms with van der Waals surface area (Å²) in [5.74, 6) is -2.20. The van der Waals surface area contributed by atoms with Crippen LogP contribution >= 0.6 is 0 Å². The summed E-state index contributed by atoms with van der Waals surface area (Å²) in [5.41, 5.74) is 2.29. The van der Waals surface area contributed by atoms with Gasteiger partial charge in [0.15, 0.2) is 0 Å². The van der Waals surface area contributed by atoms with E-state index >= 15 is 0 Å². The van der Waals surface area contributed by atoms with Crippen LogP contribution in [0.25, 0.3) is 0 Å². The fraction of sp³-hybridized carbons (Fsp3) is 0.250. The third-order valence-corrected chi connectivity index (χ3v) is 3.95. The molecule has 0 unspecified atom stereocenters. The second kappa shape index (κ2) is 5.36. The zero-order valence-electron chi connectivity index (χ0n) is 11.9. The van der Waals surface area contributed by atoms with Crippen LogP contribution in [-0.2, 0) is 13.0 Å². The van der Waals surface area contributed by atoms with Gasteiger partial charge in [0.1, 0.15) is 17.3 Å². The number of hydrogen-bond donors (Lipinski definition) is 1. The number of halogens is 2. The maximum absolute atomic E-state index is 13.7. The number of aromatic nitrogens is 1. The summed E-state index contributed by atoms with van der Waals surface area (Å²) >= 11 is 0. The fourth-order valence-corrected chi connectivity index (χ4v) is 2.59. The summed E-state index contributed by atoms with van der Waals surface area (Å²) in [5, 5.41) is 8.95. The number of carboxylic acid groups (broad SMARTS) is 1. The minimum absolute atomic E-state index is 0.00827. The third-order valence-electron chi connectivity index (χ3n) is 3.95. The number of rotatable bonds is 2. The lowest BCUT2D eigenvalue weighted by Gasteiger charge is -2.30. The van der Waals surface area contributed by atoms with E-state index in [-0.39, 0.29) is 11.3 Å². The summed E-state index contributed by atoms with van der Waals surface area (Å²) in [4.78, 5) is 16.7. The Kier molecular flexibility index (Phi) is 3.52. The van der Waals surface area contributed by atoms with E-state index in [1.54, 1.807) is 6.07 Å². The van der Waals surface area contributed by atoms with E-state index in [9.17, 15) is 13.6 Å². The standard InChI is InChI=1S/C16H14F2N2O2/c1-9-13(17)5-12(6-14(9)18)20-3-2-10-4-15(16(21)22)19-7-11(10)8-20/h4-7H,2-3,8H2,1H3,(H,21,22). The Bertz CT molecular complexity index is 739. The molecule has 1 N–H and O–H groups in total. The molecule has 0 amide bonds. The van der Waals surface area contributed by atoms with E-state index in [1.165, 1.54) is 25.3 Å². The molecule has 0 spiro atoms. The number of hydrogen-bond acceptors (Lipinski definition) is 3. The molecule has 0 aliphatic carbocycles. The van der Waals surface area contributed by atoms with Crippen molar-refractivity contribution in [1.29, 1.82) is 0 Å². The van der Waals surface area contributed by atoms with Crippen molar-refractivity contribution in [3.8, 4) is 0 Å². The van der Waals surface area contributed by atoms with E-state index in [0.717, 1.165) is 11.1 Å².